The number of nitrogens with zero attached hydrogens (tertiary/aromatic N) is 2. The van der Waals surface area contributed by atoms with E-state index >= 15 is 0 Å². The molecule has 0 radical (unpaired) electrons. The first kappa shape index (κ1) is 18.2. The van der Waals surface area contributed by atoms with Crippen LogP contribution in [0.25, 0.3) is 6.08 Å². The highest BCUT2D eigenvalue weighted by molar-refractivity contribution is 6.30. The molecule has 0 saturated carbocycles. The molecule has 136 valence electrons. The van der Waals surface area contributed by atoms with Crippen LogP contribution in [0, 0.1) is 21.4 Å². The highest BCUT2D eigenvalue weighted by atomic mass is 35.5. The molecule has 27 heavy (non-hydrogen) atoms. The van der Waals surface area contributed by atoms with Gasteiger partial charge in [0.25, 0.3) is 11.6 Å². The number of nitriles is 1. The van der Waals surface area contributed by atoms with E-state index in [4.69, 9.17) is 21.1 Å². The van der Waals surface area contributed by atoms with Crippen LogP contribution >= 0.6 is 11.6 Å². The Labute approximate surface area is 158 Å². The zero-order chi connectivity index (χ0) is 19.4. The predicted octanol–water partition coefficient (Wildman–Crippen LogP) is 3.57. The number of carbonyl (C=O) groups is 1. The molecule has 0 spiro atoms. The van der Waals surface area contributed by atoms with Crippen molar-refractivity contribution in [2.75, 3.05) is 18.5 Å². The summed E-state index contributed by atoms with van der Waals surface area (Å²) in [5.74, 6) is -0.280. The number of hydrogen-bond acceptors (Lipinski definition) is 6. The molecular weight excluding hydrogens is 374 g/mol. The second-order valence-corrected chi connectivity index (χ2v) is 5.88. The summed E-state index contributed by atoms with van der Waals surface area (Å²) in [7, 11) is 0. The average molecular weight is 386 g/mol. The van der Waals surface area contributed by atoms with Gasteiger partial charge in [0, 0.05) is 11.1 Å². The lowest BCUT2D eigenvalue weighted by molar-refractivity contribution is -0.384. The molecule has 1 amide bonds. The molecule has 0 bridgehead atoms. The van der Waals surface area contributed by atoms with E-state index in [-0.39, 0.29) is 41.7 Å². The topological polar surface area (TPSA) is 114 Å². The van der Waals surface area contributed by atoms with Crippen molar-refractivity contribution in [3.63, 3.8) is 0 Å². The van der Waals surface area contributed by atoms with Crippen LogP contribution in [-0.4, -0.2) is 24.0 Å². The lowest BCUT2D eigenvalue weighted by Gasteiger charge is -2.19. The number of rotatable bonds is 4. The number of fused-ring (bicyclic) bond motifs is 1. The van der Waals surface area contributed by atoms with Crippen LogP contribution < -0.4 is 14.8 Å². The van der Waals surface area contributed by atoms with E-state index in [0.717, 1.165) is 0 Å². The summed E-state index contributed by atoms with van der Waals surface area (Å²) in [6, 6.07) is 10.8. The van der Waals surface area contributed by atoms with Gasteiger partial charge in [-0.3, -0.25) is 14.9 Å². The first-order valence-corrected chi connectivity index (χ1v) is 8.12. The largest absolute Gasteiger partial charge is 0.486 e. The van der Waals surface area contributed by atoms with Gasteiger partial charge in [-0.05, 0) is 23.8 Å². The zero-order valence-corrected chi connectivity index (χ0v) is 14.5. The van der Waals surface area contributed by atoms with E-state index in [2.05, 4.69) is 5.32 Å². The number of carbonyl (C=O) groups excluding carboxylic acids is 1. The third-order valence-corrected chi connectivity index (χ3v) is 3.90. The number of nitrogens with one attached hydrogen (secondary N) is 1. The van der Waals surface area contributed by atoms with Crippen LogP contribution in [0.5, 0.6) is 11.5 Å². The van der Waals surface area contributed by atoms with Crippen molar-refractivity contribution in [3.8, 4) is 17.6 Å². The molecule has 9 heteroatoms. The summed E-state index contributed by atoms with van der Waals surface area (Å²) in [6.45, 7) is 0.566. The van der Waals surface area contributed by atoms with E-state index in [9.17, 15) is 20.2 Å². The molecule has 1 heterocycles. The summed E-state index contributed by atoms with van der Waals surface area (Å²) >= 11 is 5.81. The van der Waals surface area contributed by atoms with Crippen LogP contribution in [0.1, 0.15) is 5.56 Å². The molecule has 8 nitrogen and oxygen atoms in total. The van der Waals surface area contributed by atoms with Gasteiger partial charge in [-0.15, -0.1) is 0 Å². The average Bonchev–Trinajstić information content (AvgIpc) is 2.66. The minimum Gasteiger partial charge on any atom is -0.486 e. The molecule has 0 saturated heterocycles. The van der Waals surface area contributed by atoms with Gasteiger partial charge in [-0.1, -0.05) is 23.7 Å². The fourth-order valence-electron chi connectivity index (χ4n) is 2.39. The summed E-state index contributed by atoms with van der Waals surface area (Å²) in [5.41, 5.74) is -0.0906. The van der Waals surface area contributed by atoms with Crippen molar-refractivity contribution in [1.29, 1.82) is 5.26 Å². The standard InChI is InChI=1S/C18H12ClN3O5/c19-13-3-1-11(2-4-13)7-12(10-20)18(23)21-14-8-16-17(27-6-5-26-16)9-15(14)22(24)25/h1-4,7-9H,5-6H2,(H,21,23)/b12-7+. The van der Waals surface area contributed by atoms with Crippen molar-refractivity contribution in [2.45, 2.75) is 0 Å². The Balaban J connectivity index is 1.91. The molecule has 0 aliphatic carbocycles. The molecular formula is C18H12ClN3O5. The molecule has 2 aromatic rings. The lowest BCUT2D eigenvalue weighted by atomic mass is 10.1. The van der Waals surface area contributed by atoms with Crippen LogP contribution in [-0.2, 0) is 4.79 Å². The maximum Gasteiger partial charge on any atom is 0.296 e. The summed E-state index contributed by atoms with van der Waals surface area (Å²) in [5, 5.41) is 23.5. The fourth-order valence-corrected chi connectivity index (χ4v) is 2.52. The Bertz CT molecular complexity index is 980. The number of nitro benzene ring substituents is 1. The molecule has 0 aromatic heterocycles. The van der Waals surface area contributed by atoms with Gasteiger partial charge in [0.15, 0.2) is 11.5 Å². The number of anilines is 1. The van der Waals surface area contributed by atoms with Gasteiger partial charge in [-0.25, -0.2) is 0 Å². The maximum absolute atomic E-state index is 12.4. The molecule has 0 fully saturated rings. The fraction of sp³-hybridized carbons (Fsp3) is 0.111. The Morgan fingerprint density at radius 3 is 2.44 bits per heavy atom. The highest BCUT2D eigenvalue weighted by Crippen LogP contribution is 2.39. The Morgan fingerprint density at radius 1 is 1.22 bits per heavy atom. The smallest absolute Gasteiger partial charge is 0.296 e. The number of halogens is 1. The quantitative estimate of drug-likeness (QED) is 0.372. The molecule has 1 N–H and O–H groups in total. The first-order chi connectivity index (χ1) is 13.0. The van der Waals surface area contributed by atoms with Crippen LogP contribution in [0.15, 0.2) is 42.0 Å². The maximum atomic E-state index is 12.4. The second-order valence-electron chi connectivity index (χ2n) is 5.45. The van der Waals surface area contributed by atoms with Gasteiger partial charge < -0.3 is 14.8 Å². The summed E-state index contributed by atoms with van der Waals surface area (Å²) in [4.78, 5) is 23.1. The monoisotopic (exact) mass is 385 g/mol. The van der Waals surface area contributed by atoms with Gasteiger partial charge in [0.05, 0.1) is 11.0 Å². The van der Waals surface area contributed by atoms with Gasteiger partial charge in [0.2, 0.25) is 0 Å². The van der Waals surface area contributed by atoms with Crippen LogP contribution in [0.3, 0.4) is 0 Å². The third-order valence-electron chi connectivity index (χ3n) is 3.65. The molecule has 0 unspecified atom stereocenters. The van der Waals surface area contributed by atoms with Crippen molar-refractivity contribution in [3.05, 3.63) is 62.7 Å². The normalized spacial score (nSPS) is 12.8. The van der Waals surface area contributed by atoms with Crippen molar-refractivity contribution in [2.24, 2.45) is 0 Å². The Morgan fingerprint density at radius 2 is 1.85 bits per heavy atom. The molecule has 2 aromatic carbocycles. The third kappa shape index (κ3) is 4.16. The summed E-state index contributed by atoms with van der Waals surface area (Å²) < 4.78 is 10.7. The van der Waals surface area contributed by atoms with E-state index in [0.29, 0.717) is 10.6 Å². The SMILES string of the molecule is N#C/C(=C\c1ccc(Cl)cc1)C(=O)Nc1cc2c(cc1[N+](=O)[O-])OCCO2. The molecule has 3 rings (SSSR count). The van der Waals surface area contributed by atoms with Gasteiger partial charge in [-0.2, -0.15) is 5.26 Å². The van der Waals surface area contributed by atoms with Crippen LogP contribution in [0.4, 0.5) is 11.4 Å². The zero-order valence-electron chi connectivity index (χ0n) is 13.8. The van der Waals surface area contributed by atoms with Crippen LogP contribution in [0.2, 0.25) is 5.02 Å². The van der Waals surface area contributed by atoms with Crippen molar-refractivity contribution < 1.29 is 19.2 Å². The number of hydrogen-bond donors (Lipinski definition) is 1. The van der Waals surface area contributed by atoms with Gasteiger partial charge >= 0.3 is 0 Å². The summed E-state index contributed by atoms with van der Waals surface area (Å²) in [6.07, 6.45) is 1.36. The molecule has 0 atom stereocenters. The minimum absolute atomic E-state index is 0.0912. The van der Waals surface area contributed by atoms with E-state index < -0.39 is 10.8 Å². The molecule has 1 aliphatic rings. The molecule has 1 aliphatic heterocycles. The van der Waals surface area contributed by atoms with Crippen molar-refractivity contribution in [1.82, 2.24) is 0 Å². The van der Waals surface area contributed by atoms with Crippen molar-refractivity contribution >= 4 is 35.0 Å². The predicted molar refractivity (Wildman–Crippen MR) is 97.8 cm³/mol. The highest BCUT2D eigenvalue weighted by Gasteiger charge is 2.24. The first-order valence-electron chi connectivity index (χ1n) is 7.74. The number of ether oxygens (including phenoxy) is 2. The van der Waals surface area contributed by atoms with E-state index in [1.54, 1.807) is 30.3 Å². The second kappa shape index (κ2) is 7.76. The lowest BCUT2D eigenvalue weighted by Crippen LogP contribution is -2.18. The van der Waals surface area contributed by atoms with E-state index in [1.165, 1.54) is 18.2 Å². The minimum atomic E-state index is -0.785. The Hall–Kier alpha value is -3.57. The number of amides is 1. The number of benzene rings is 2. The van der Waals surface area contributed by atoms with E-state index in [1.807, 2.05) is 0 Å². The van der Waals surface area contributed by atoms with Gasteiger partial charge in [0.1, 0.15) is 30.5 Å². The number of nitro groups is 1. The Kier molecular flexibility index (Phi) is 5.24.